The third-order valence-electron chi connectivity index (χ3n) is 4.93. The number of rotatable bonds is 4. The molecule has 1 aliphatic heterocycles. The zero-order chi connectivity index (χ0) is 15.4. The summed E-state index contributed by atoms with van der Waals surface area (Å²) in [6, 6.07) is 8.48. The predicted octanol–water partition coefficient (Wildman–Crippen LogP) is 4.02. The number of anilines is 1. The number of carbonyl (C=O) groups excluding carboxylic acids is 1. The highest BCUT2D eigenvalue weighted by Crippen LogP contribution is 2.36. The van der Waals surface area contributed by atoms with Crippen LogP contribution in [0.4, 0.5) is 10.5 Å². The first kappa shape index (κ1) is 15.3. The van der Waals surface area contributed by atoms with Gasteiger partial charge in [-0.1, -0.05) is 18.6 Å². The Morgan fingerprint density at radius 2 is 2.00 bits per heavy atom. The first-order valence-electron chi connectivity index (χ1n) is 8.52. The second-order valence-corrected chi connectivity index (χ2v) is 6.36. The lowest BCUT2D eigenvalue weighted by atomic mass is 9.92. The third-order valence-corrected chi connectivity index (χ3v) is 4.93. The molecule has 1 saturated carbocycles. The number of hydrogen-bond acceptors (Lipinski definition) is 2. The minimum absolute atomic E-state index is 0.0640. The lowest BCUT2D eigenvalue weighted by Gasteiger charge is -2.37. The van der Waals surface area contributed by atoms with Crippen molar-refractivity contribution < 1.29 is 9.53 Å². The van der Waals surface area contributed by atoms with Crippen LogP contribution in [0.1, 0.15) is 44.6 Å². The number of nitrogens with one attached hydrogen (secondary N) is 1. The van der Waals surface area contributed by atoms with E-state index in [4.69, 9.17) is 4.74 Å². The number of benzene rings is 1. The average Bonchev–Trinajstić information content (AvgIpc) is 3.02. The van der Waals surface area contributed by atoms with Gasteiger partial charge in [0.15, 0.2) is 0 Å². The molecule has 1 saturated heterocycles. The molecule has 22 heavy (non-hydrogen) atoms. The van der Waals surface area contributed by atoms with E-state index in [9.17, 15) is 4.79 Å². The van der Waals surface area contributed by atoms with Crippen molar-refractivity contribution in [3.8, 4) is 0 Å². The second kappa shape index (κ2) is 7.14. The van der Waals surface area contributed by atoms with E-state index in [0.717, 1.165) is 36.7 Å². The Morgan fingerprint density at radius 3 is 2.77 bits per heavy atom. The van der Waals surface area contributed by atoms with Gasteiger partial charge in [0.1, 0.15) is 0 Å². The molecule has 1 heterocycles. The molecule has 2 aliphatic rings. The molecule has 4 nitrogen and oxygen atoms in total. The molecule has 0 bridgehead atoms. The van der Waals surface area contributed by atoms with Crippen LogP contribution in [-0.2, 0) is 11.3 Å². The maximum atomic E-state index is 12.6. The smallest absolute Gasteiger partial charge is 0.322 e. The van der Waals surface area contributed by atoms with Gasteiger partial charge in [-0.05, 0) is 56.2 Å². The van der Waals surface area contributed by atoms with Gasteiger partial charge in [0.25, 0.3) is 0 Å². The summed E-state index contributed by atoms with van der Waals surface area (Å²) in [7, 11) is 0. The van der Waals surface area contributed by atoms with E-state index >= 15 is 0 Å². The molecule has 1 aromatic rings. The number of carbonyl (C=O) groups is 1. The van der Waals surface area contributed by atoms with Crippen molar-refractivity contribution in [3.63, 3.8) is 0 Å². The van der Waals surface area contributed by atoms with Crippen LogP contribution < -0.4 is 5.32 Å². The summed E-state index contributed by atoms with van der Waals surface area (Å²) in [5.41, 5.74) is 2.00. The summed E-state index contributed by atoms with van der Waals surface area (Å²) in [4.78, 5) is 14.6. The highest BCUT2D eigenvalue weighted by Gasteiger charge is 2.37. The van der Waals surface area contributed by atoms with E-state index in [2.05, 4.69) is 10.2 Å². The van der Waals surface area contributed by atoms with Crippen molar-refractivity contribution >= 4 is 11.7 Å². The van der Waals surface area contributed by atoms with E-state index in [1.807, 2.05) is 31.2 Å². The van der Waals surface area contributed by atoms with Gasteiger partial charge in [-0.15, -0.1) is 0 Å². The van der Waals surface area contributed by atoms with Crippen LogP contribution in [-0.4, -0.2) is 30.1 Å². The second-order valence-electron chi connectivity index (χ2n) is 6.36. The quantitative estimate of drug-likeness (QED) is 0.912. The molecule has 2 atom stereocenters. The first-order valence-corrected chi connectivity index (χ1v) is 8.52. The topological polar surface area (TPSA) is 41.6 Å². The molecule has 1 aliphatic carbocycles. The van der Waals surface area contributed by atoms with E-state index < -0.39 is 0 Å². The summed E-state index contributed by atoms with van der Waals surface area (Å²) in [6.45, 7) is 4.23. The van der Waals surface area contributed by atoms with E-state index in [0.29, 0.717) is 12.6 Å². The van der Waals surface area contributed by atoms with Crippen LogP contribution in [0, 0.1) is 5.92 Å². The van der Waals surface area contributed by atoms with Crippen molar-refractivity contribution in [3.05, 3.63) is 29.8 Å². The molecule has 0 unspecified atom stereocenters. The monoisotopic (exact) mass is 302 g/mol. The molecular weight excluding hydrogens is 276 g/mol. The average molecular weight is 302 g/mol. The van der Waals surface area contributed by atoms with Gasteiger partial charge in [-0.2, -0.15) is 0 Å². The number of likely N-dealkylation sites (tertiary alicyclic amines) is 1. The molecule has 1 aromatic carbocycles. The predicted molar refractivity (Wildman–Crippen MR) is 87.9 cm³/mol. The van der Waals surface area contributed by atoms with Gasteiger partial charge in [0, 0.05) is 24.9 Å². The van der Waals surface area contributed by atoms with Gasteiger partial charge in [0.05, 0.1) is 6.61 Å². The van der Waals surface area contributed by atoms with E-state index in [1.54, 1.807) is 0 Å². The lowest BCUT2D eigenvalue weighted by Crippen LogP contribution is -2.48. The van der Waals surface area contributed by atoms with Crippen LogP contribution in [0.25, 0.3) is 0 Å². The van der Waals surface area contributed by atoms with Gasteiger partial charge >= 0.3 is 6.03 Å². The molecule has 120 valence electrons. The molecule has 1 N–H and O–H groups in total. The maximum absolute atomic E-state index is 12.6. The first-order chi connectivity index (χ1) is 10.8. The van der Waals surface area contributed by atoms with Crippen LogP contribution in [0.15, 0.2) is 24.3 Å². The molecule has 0 spiro atoms. The van der Waals surface area contributed by atoms with Crippen molar-refractivity contribution in [2.45, 2.75) is 51.7 Å². The summed E-state index contributed by atoms with van der Waals surface area (Å²) >= 11 is 0. The fraction of sp³-hybridized carbons (Fsp3) is 0.611. The Kier molecular flexibility index (Phi) is 4.98. The van der Waals surface area contributed by atoms with E-state index in [-0.39, 0.29) is 6.03 Å². The Labute approximate surface area is 132 Å². The lowest BCUT2D eigenvalue weighted by molar-refractivity contribution is 0.134. The third kappa shape index (κ3) is 3.43. The van der Waals surface area contributed by atoms with Gasteiger partial charge in [-0.3, -0.25) is 0 Å². The highest BCUT2D eigenvalue weighted by atomic mass is 16.5. The number of piperidine rings is 1. The number of hydrogen-bond donors (Lipinski definition) is 1. The van der Waals surface area contributed by atoms with Gasteiger partial charge < -0.3 is 15.0 Å². The number of ether oxygens (including phenoxy) is 1. The van der Waals surface area contributed by atoms with Crippen molar-refractivity contribution in [1.29, 1.82) is 0 Å². The van der Waals surface area contributed by atoms with Crippen LogP contribution >= 0.6 is 0 Å². The largest absolute Gasteiger partial charge is 0.377 e. The Hall–Kier alpha value is -1.55. The minimum Gasteiger partial charge on any atom is -0.377 e. The Balaban J connectivity index is 1.59. The van der Waals surface area contributed by atoms with Crippen LogP contribution in [0.3, 0.4) is 0 Å². The standard InChI is InChI=1S/C18H26N2O2/c1-2-22-13-14-8-10-16(11-9-14)19-18(21)20-12-4-6-15-5-3-7-17(15)20/h8-11,15,17H,2-7,12-13H2,1H3,(H,19,21)/t15-,17+/m1/s1. The minimum atomic E-state index is 0.0640. The number of amides is 2. The zero-order valence-corrected chi connectivity index (χ0v) is 13.4. The van der Waals surface area contributed by atoms with Crippen molar-refractivity contribution in [2.75, 3.05) is 18.5 Å². The molecular formula is C18H26N2O2. The zero-order valence-electron chi connectivity index (χ0n) is 13.4. The summed E-state index contributed by atoms with van der Waals surface area (Å²) in [5.74, 6) is 0.730. The highest BCUT2D eigenvalue weighted by molar-refractivity contribution is 5.89. The van der Waals surface area contributed by atoms with Crippen molar-refractivity contribution in [2.24, 2.45) is 5.92 Å². The normalized spacial score (nSPS) is 24.1. The molecule has 0 radical (unpaired) electrons. The fourth-order valence-electron chi connectivity index (χ4n) is 3.81. The van der Waals surface area contributed by atoms with Crippen LogP contribution in [0.5, 0.6) is 0 Å². The number of nitrogens with zero attached hydrogens (tertiary/aromatic N) is 1. The van der Waals surface area contributed by atoms with E-state index in [1.165, 1.54) is 25.7 Å². The number of urea groups is 1. The fourth-order valence-corrected chi connectivity index (χ4v) is 3.81. The van der Waals surface area contributed by atoms with Gasteiger partial charge in [-0.25, -0.2) is 4.79 Å². The SMILES string of the molecule is CCOCc1ccc(NC(=O)N2CCC[C@H]3CCC[C@@H]32)cc1. The Morgan fingerprint density at radius 1 is 1.23 bits per heavy atom. The molecule has 3 rings (SSSR count). The molecule has 2 amide bonds. The van der Waals surface area contributed by atoms with Crippen molar-refractivity contribution in [1.82, 2.24) is 4.90 Å². The molecule has 4 heteroatoms. The summed E-state index contributed by atoms with van der Waals surface area (Å²) < 4.78 is 5.39. The Bertz CT molecular complexity index is 500. The molecule has 0 aromatic heterocycles. The van der Waals surface area contributed by atoms with Crippen LogP contribution in [0.2, 0.25) is 0 Å². The summed E-state index contributed by atoms with van der Waals surface area (Å²) in [6.07, 6.45) is 6.17. The maximum Gasteiger partial charge on any atom is 0.322 e. The van der Waals surface area contributed by atoms with Gasteiger partial charge in [0.2, 0.25) is 0 Å². The number of fused-ring (bicyclic) bond motifs is 1. The summed E-state index contributed by atoms with van der Waals surface area (Å²) in [5, 5.41) is 3.05. The molecule has 2 fully saturated rings.